The van der Waals surface area contributed by atoms with Gasteiger partial charge in [-0.2, -0.15) is 0 Å². The summed E-state index contributed by atoms with van der Waals surface area (Å²) in [5.41, 5.74) is 0. The van der Waals surface area contributed by atoms with Crippen LogP contribution in [0.15, 0.2) is 0 Å². The summed E-state index contributed by atoms with van der Waals surface area (Å²) in [6.07, 6.45) is 6.67. The Labute approximate surface area is 85.7 Å². The first-order valence-corrected chi connectivity index (χ1v) is 5.19. The van der Waals surface area contributed by atoms with Gasteiger partial charge in [0.05, 0.1) is 0 Å². The van der Waals surface area contributed by atoms with Gasteiger partial charge in [-0.15, -0.1) is 24.0 Å². The summed E-state index contributed by atoms with van der Waals surface area (Å²) in [5.74, 6) is 0.777. The molecule has 3 atom stereocenters. The molecule has 0 amide bonds. The summed E-state index contributed by atoms with van der Waals surface area (Å²) in [6, 6.07) is 0.750. The third-order valence-corrected chi connectivity index (χ3v) is 3.65. The zero-order chi connectivity index (χ0) is 7.68. The minimum absolute atomic E-state index is 0. The number of nitrogens with one attached hydrogen (secondary N) is 1. The molecule has 72 valence electrons. The van der Waals surface area contributed by atoms with Gasteiger partial charge in [-0.3, -0.25) is 0 Å². The summed E-state index contributed by atoms with van der Waals surface area (Å²) >= 11 is 6.25. The maximum absolute atomic E-state index is 6.25. The summed E-state index contributed by atoms with van der Waals surface area (Å²) < 4.78 is 0. The lowest BCUT2D eigenvalue weighted by Crippen LogP contribution is -2.48. The summed E-state index contributed by atoms with van der Waals surface area (Å²) in [7, 11) is 0. The minimum Gasteiger partial charge on any atom is -0.314 e. The van der Waals surface area contributed by atoms with E-state index in [1.807, 2.05) is 0 Å². The molecule has 0 aromatic rings. The molecule has 3 heteroatoms. The second-order valence-electron chi connectivity index (χ2n) is 3.81. The van der Waals surface area contributed by atoms with Crippen LogP contribution in [-0.2, 0) is 0 Å². The minimum atomic E-state index is 0. The summed E-state index contributed by atoms with van der Waals surface area (Å²) in [4.78, 5) is 0. The molecule has 1 N–H and O–H groups in total. The van der Waals surface area contributed by atoms with Gasteiger partial charge in [0.25, 0.3) is 0 Å². The van der Waals surface area contributed by atoms with Crippen LogP contribution < -0.4 is 5.32 Å². The van der Waals surface area contributed by atoms with Gasteiger partial charge in [-0.25, -0.2) is 0 Å². The van der Waals surface area contributed by atoms with Gasteiger partial charge in [0.15, 0.2) is 0 Å². The van der Waals surface area contributed by atoms with Crippen molar-refractivity contribution in [2.45, 2.75) is 43.5 Å². The standard InChI is InChI=1S/C9H16ClN.ClH/c10-8-5-6-11-9-4-2-1-3-7(8)9;/h7-9,11H,1-6H2;1H. The van der Waals surface area contributed by atoms with E-state index < -0.39 is 0 Å². The molecule has 1 saturated carbocycles. The lowest BCUT2D eigenvalue weighted by molar-refractivity contribution is 0.216. The SMILES string of the molecule is Cl.ClC1CCNC2CCCCC12. The number of fused-ring (bicyclic) bond motifs is 1. The fourth-order valence-electron chi connectivity index (χ4n) is 2.47. The number of hydrogen-bond donors (Lipinski definition) is 1. The first-order chi connectivity index (χ1) is 5.38. The van der Waals surface area contributed by atoms with Crippen LogP contribution in [0.1, 0.15) is 32.1 Å². The third-order valence-electron chi connectivity index (χ3n) is 3.11. The molecule has 0 aromatic carbocycles. The highest BCUT2D eigenvalue weighted by Gasteiger charge is 2.33. The maximum atomic E-state index is 6.25. The Morgan fingerprint density at radius 2 is 1.83 bits per heavy atom. The highest BCUT2D eigenvalue weighted by Crippen LogP contribution is 2.33. The monoisotopic (exact) mass is 209 g/mol. The smallest absolute Gasteiger partial charge is 0.0391 e. The van der Waals surface area contributed by atoms with Gasteiger partial charge >= 0.3 is 0 Å². The first-order valence-electron chi connectivity index (χ1n) is 4.75. The van der Waals surface area contributed by atoms with Crippen molar-refractivity contribution in [1.82, 2.24) is 5.32 Å². The zero-order valence-electron chi connectivity index (χ0n) is 7.26. The molecule has 0 aromatic heterocycles. The van der Waals surface area contributed by atoms with E-state index in [1.165, 1.54) is 32.1 Å². The Kier molecular flexibility index (Phi) is 4.15. The Morgan fingerprint density at radius 1 is 1.08 bits per heavy atom. The number of hydrogen-bond acceptors (Lipinski definition) is 1. The van der Waals surface area contributed by atoms with Crippen molar-refractivity contribution >= 4 is 24.0 Å². The molecule has 12 heavy (non-hydrogen) atoms. The van der Waals surface area contributed by atoms with Crippen LogP contribution in [0.3, 0.4) is 0 Å². The predicted molar refractivity (Wildman–Crippen MR) is 55.3 cm³/mol. The molecule has 1 aliphatic heterocycles. The van der Waals surface area contributed by atoms with Crippen molar-refractivity contribution in [1.29, 1.82) is 0 Å². The van der Waals surface area contributed by atoms with E-state index in [9.17, 15) is 0 Å². The third kappa shape index (κ3) is 2.07. The lowest BCUT2D eigenvalue weighted by Gasteiger charge is -2.39. The van der Waals surface area contributed by atoms with E-state index in [4.69, 9.17) is 11.6 Å². The summed E-state index contributed by atoms with van der Waals surface area (Å²) in [5, 5.41) is 4.03. The Bertz CT molecular complexity index is 138. The number of halogens is 2. The molecule has 1 aliphatic carbocycles. The molecule has 0 spiro atoms. The average molecular weight is 210 g/mol. The largest absolute Gasteiger partial charge is 0.314 e. The second kappa shape index (κ2) is 4.69. The molecule has 0 bridgehead atoms. The van der Waals surface area contributed by atoms with Crippen molar-refractivity contribution in [3.63, 3.8) is 0 Å². The van der Waals surface area contributed by atoms with Crippen LogP contribution in [0.2, 0.25) is 0 Å². The number of rotatable bonds is 0. The van der Waals surface area contributed by atoms with Crippen LogP contribution in [0, 0.1) is 5.92 Å². The van der Waals surface area contributed by atoms with Crippen LogP contribution in [0.25, 0.3) is 0 Å². The fourth-order valence-corrected chi connectivity index (χ4v) is 2.88. The molecule has 0 radical (unpaired) electrons. The molecule has 3 unspecified atom stereocenters. The van der Waals surface area contributed by atoms with Crippen molar-refractivity contribution in [2.75, 3.05) is 6.54 Å². The Balaban J connectivity index is 0.000000720. The molecule has 1 heterocycles. The molecule has 2 rings (SSSR count). The van der Waals surface area contributed by atoms with Crippen molar-refractivity contribution < 1.29 is 0 Å². The maximum Gasteiger partial charge on any atom is 0.0391 e. The van der Waals surface area contributed by atoms with E-state index in [-0.39, 0.29) is 12.4 Å². The van der Waals surface area contributed by atoms with Crippen molar-refractivity contribution in [2.24, 2.45) is 5.92 Å². The van der Waals surface area contributed by atoms with Gasteiger partial charge in [0.2, 0.25) is 0 Å². The van der Waals surface area contributed by atoms with Crippen LogP contribution >= 0.6 is 24.0 Å². The lowest BCUT2D eigenvalue weighted by atomic mass is 9.79. The Hall–Kier alpha value is 0.540. The molecular weight excluding hydrogens is 193 g/mol. The first kappa shape index (κ1) is 10.6. The van der Waals surface area contributed by atoms with E-state index in [0.29, 0.717) is 5.38 Å². The second-order valence-corrected chi connectivity index (χ2v) is 4.37. The van der Waals surface area contributed by atoms with Crippen LogP contribution in [0.5, 0.6) is 0 Å². The van der Waals surface area contributed by atoms with Crippen LogP contribution in [-0.4, -0.2) is 18.0 Å². The van der Waals surface area contributed by atoms with Gasteiger partial charge in [-0.1, -0.05) is 12.8 Å². The topological polar surface area (TPSA) is 12.0 Å². The Morgan fingerprint density at radius 3 is 2.58 bits per heavy atom. The summed E-state index contributed by atoms with van der Waals surface area (Å²) in [6.45, 7) is 1.13. The van der Waals surface area contributed by atoms with Crippen LogP contribution in [0.4, 0.5) is 0 Å². The van der Waals surface area contributed by atoms with Crippen molar-refractivity contribution in [3.05, 3.63) is 0 Å². The molecule has 1 nitrogen and oxygen atoms in total. The fraction of sp³-hybridized carbons (Fsp3) is 1.00. The van der Waals surface area contributed by atoms with Gasteiger partial charge in [-0.05, 0) is 31.7 Å². The van der Waals surface area contributed by atoms with Gasteiger partial charge in [0, 0.05) is 11.4 Å². The van der Waals surface area contributed by atoms with E-state index in [1.54, 1.807) is 0 Å². The highest BCUT2D eigenvalue weighted by molar-refractivity contribution is 6.20. The number of piperidine rings is 1. The molecule has 2 aliphatic rings. The predicted octanol–water partition coefficient (Wildman–Crippen LogP) is 2.57. The number of alkyl halides is 1. The van der Waals surface area contributed by atoms with E-state index in [0.717, 1.165) is 18.5 Å². The highest BCUT2D eigenvalue weighted by atomic mass is 35.5. The molecule has 1 saturated heterocycles. The molecular formula is C9H17Cl2N. The van der Waals surface area contributed by atoms with E-state index >= 15 is 0 Å². The zero-order valence-corrected chi connectivity index (χ0v) is 8.83. The molecule has 2 fully saturated rings. The van der Waals surface area contributed by atoms with E-state index in [2.05, 4.69) is 5.32 Å². The average Bonchev–Trinajstić information content (AvgIpc) is 2.06. The quantitative estimate of drug-likeness (QED) is 0.606. The van der Waals surface area contributed by atoms with Crippen molar-refractivity contribution in [3.8, 4) is 0 Å². The van der Waals surface area contributed by atoms with Gasteiger partial charge in [0.1, 0.15) is 0 Å². The van der Waals surface area contributed by atoms with Gasteiger partial charge < -0.3 is 5.32 Å². The normalized spacial score (nSPS) is 41.2.